The molecule has 0 unspecified atom stereocenters. The molecule has 51 heavy (non-hydrogen) atoms. The number of aliphatic hydroxyl groups excluding tert-OH is 2. The van der Waals surface area contributed by atoms with Gasteiger partial charge in [0.15, 0.2) is 0 Å². The number of esters is 2. The van der Waals surface area contributed by atoms with Gasteiger partial charge in [-0.2, -0.15) is 0 Å². The minimum atomic E-state index is -0.426. The van der Waals surface area contributed by atoms with Crippen LogP contribution in [0.25, 0.3) is 28.3 Å². The van der Waals surface area contributed by atoms with Crippen molar-refractivity contribution in [3.05, 3.63) is 125 Å². The largest absolute Gasteiger partial charge is 0.493 e. The maximum Gasteiger partial charge on any atom is 0.333 e. The molecule has 0 aromatic heterocycles. The van der Waals surface area contributed by atoms with Gasteiger partial charge < -0.3 is 24.4 Å². The minimum Gasteiger partial charge on any atom is -0.493 e. The maximum atomic E-state index is 12.0. The summed E-state index contributed by atoms with van der Waals surface area (Å²) in [6.07, 6.45) is 5.39. The summed E-state index contributed by atoms with van der Waals surface area (Å²) in [5.74, 6) is -0.425. The first-order valence-corrected chi connectivity index (χ1v) is 17.4. The van der Waals surface area contributed by atoms with E-state index in [4.69, 9.17) is 14.2 Å². The molecule has 0 bridgehead atoms. The normalized spacial score (nSPS) is 10.5. The number of carbonyl (C=O) groups is 2. The molecule has 0 heterocycles. The molecule has 0 amide bonds. The zero-order valence-corrected chi connectivity index (χ0v) is 30.2. The van der Waals surface area contributed by atoms with E-state index in [2.05, 4.69) is 86.3 Å². The van der Waals surface area contributed by atoms with E-state index >= 15 is 0 Å². The predicted octanol–water partition coefficient (Wildman–Crippen LogP) is 8.16. The van der Waals surface area contributed by atoms with Crippen LogP contribution in [0.2, 0.25) is 0 Å². The van der Waals surface area contributed by atoms with Crippen molar-refractivity contribution in [2.45, 2.75) is 59.3 Å². The van der Waals surface area contributed by atoms with Gasteiger partial charge in [-0.05, 0) is 127 Å². The average Bonchev–Trinajstić information content (AvgIpc) is 3.13. The Bertz CT molecular complexity index is 1740. The van der Waals surface area contributed by atoms with Gasteiger partial charge in [-0.15, -0.1) is 0 Å². The van der Waals surface area contributed by atoms with E-state index < -0.39 is 11.9 Å². The lowest BCUT2D eigenvalue weighted by Crippen LogP contribution is -2.16. The van der Waals surface area contributed by atoms with Gasteiger partial charge in [-0.25, -0.2) is 9.59 Å². The Morgan fingerprint density at radius 3 is 1.84 bits per heavy atom. The molecule has 2 N–H and O–H groups in total. The van der Waals surface area contributed by atoms with Crippen LogP contribution in [0.4, 0.5) is 0 Å². The van der Waals surface area contributed by atoms with Crippen molar-refractivity contribution in [2.24, 2.45) is 5.92 Å². The molecule has 0 saturated heterocycles. The topological polar surface area (TPSA) is 102 Å². The van der Waals surface area contributed by atoms with Gasteiger partial charge in [-0.1, -0.05) is 74.0 Å². The lowest BCUT2D eigenvalue weighted by Gasteiger charge is -2.21. The molecule has 0 aliphatic rings. The highest BCUT2D eigenvalue weighted by Crippen LogP contribution is 2.36. The molecule has 7 nitrogen and oxygen atoms in total. The molecule has 268 valence electrons. The van der Waals surface area contributed by atoms with Crippen LogP contribution < -0.4 is 4.74 Å². The summed E-state index contributed by atoms with van der Waals surface area (Å²) in [5, 5.41) is 19.2. The number of carbonyl (C=O) groups excluding carboxylic acids is 2. The predicted molar refractivity (Wildman–Crippen MR) is 203 cm³/mol. The van der Waals surface area contributed by atoms with Gasteiger partial charge in [0, 0.05) is 30.3 Å². The van der Waals surface area contributed by atoms with Gasteiger partial charge in [-0.3, -0.25) is 0 Å². The third-order valence-corrected chi connectivity index (χ3v) is 8.32. The van der Waals surface area contributed by atoms with Gasteiger partial charge in [0.05, 0.1) is 19.8 Å². The zero-order valence-electron chi connectivity index (χ0n) is 30.2. The van der Waals surface area contributed by atoms with Crippen molar-refractivity contribution in [2.75, 3.05) is 33.0 Å². The fourth-order valence-electron chi connectivity index (χ4n) is 5.43. The fraction of sp³-hybridized carbons (Fsp3) is 0.341. The van der Waals surface area contributed by atoms with Crippen LogP contribution >= 0.6 is 0 Å². The molecule has 0 atom stereocenters. The molecule has 3 rings (SSSR count). The summed E-state index contributed by atoms with van der Waals surface area (Å²) >= 11 is 0. The van der Waals surface area contributed by atoms with Crippen LogP contribution in [0.5, 0.6) is 5.75 Å². The van der Waals surface area contributed by atoms with Crippen LogP contribution in [0.3, 0.4) is 0 Å². The maximum absolute atomic E-state index is 12.0. The van der Waals surface area contributed by atoms with Crippen molar-refractivity contribution in [3.8, 4) is 28.0 Å². The SMILES string of the molecule is C=C=C=C=Cc1ccc(-c2ccc(-c3cc(CCCOC(=O)C(=C)C)c(OCCC(CO)CO)c(CCCOC(=O)C(=C)C)c3)c(CC)c2)cc1. The van der Waals surface area contributed by atoms with Crippen molar-refractivity contribution in [1.82, 2.24) is 0 Å². The molecule has 0 aliphatic carbocycles. The van der Waals surface area contributed by atoms with E-state index in [1.807, 2.05) is 18.2 Å². The Morgan fingerprint density at radius 1 is 0.784 bits per heavy atom. The summed E-state index contributed by atoms with van der Waals surface area (Å²) in [6, 6.07) is 19.0. The quantitative estimate of drug-likeness (QED) is 0.0534. The van der Waals surface area contributed by atoms with Crippen LogP contribution in [0, 0.1) is 5.92 Å². The Balaban J connectivity index is 2.04. The van der Waals surface area contributed by atoms with E-state index in [0.717, 1.165) is 45.4 Å². The Kier molecular flexibility index (Phi) is 16.7. The van der Waals surface area contributed by atoms with Gasteiger partial charge >= 0.3 is 11.9 Å². The summed E-state index contributed by atoms with van der Waals surface area (Å²) in [4.78, 5) is 24.1. The van der Waals surface area contributed by atoms with Crippen LogP contribution in [0.15, 0.2) is 103 Å². The van der Waals surface area contributed by atoms with Crippen molar-refractivity contribution in [1.29, 1.82) is 0 Å². The van der Waals surface area contributed by atoms with Gasteiger partial charge in [0.1, 0.15) is 5.75 Å². The second-order valence-electron chi connectivity index (χ2n) is 12.5. The van der Waals surface area contributed by atoms with E-state index in [0.29, 0.717) is 55.6 Å². The summed E-state index contributed by atoms with van der Waals surface area (Å²) in [7, 11) is 0. The molecular formula is C44H50O7. The number of hydrogen-bond donors (Lipinski definition) is 2. The Hall–Kier alpha value is -5.12. The molecule has 7 heteroatoms. The van der Waals surface area contributed by atoms with Crippen LogP contribution in [0.1, 0.15) is 62.3 Å². The second kappa shape index (κ2) is 21.2. The first-order valence-electron chi connectivity index (χ1n) is 17.4. The molecule has 0 aliphatic heterocycles. The third-order valence-electron chi connectivity index (χ3n) is 8.32. The van der Waals surface area contributed by atoms with E-state index in [9.17, 15) is 19.8 Å². The number of benzene rings is 3. The lowest BCUT2D eigenvalue weighted by molar-refractivity contribution is -0.139. The highest BCUT2D eigenvalue weighted by atomic mass is 16.5. The van der Waals surface area contributed by atoms with E-state index in [-0.39, 0.29) is 32.3 Å². The second-order valence-corrected chi connectivity index (χ2v) is 12.5. The van der Waals surface area contributed by atoms with Gasteiger partial charge in [0.25, 0.3) is 0 Å². The van der Waals surface area contributed by atoms with Crippen LogP contribution in [-0.4, -0.2) is 55.2 Å². The first-order chi connectivity index (χ1) is 24.6. The third kappa shape index (κ3) is 12.6. The molecule has 3 aromatic rings. The summed E-state index contributed by atoms with van der Waals surface area (Å²) < 4.78 is 17.2. The monoisotopic (exact) mass is 690 g/mol. The standard InChI is InChI=1S/C44H50O7/c1-7-9-10-13-33-16-18-36(19-17-33)37-20-21-41(35(8-2)26-37)40-27-38(14-11-23-50-43(47)31(3)4)42(49-25-22-34(29-45)30-46)39(28-40)15-12-24-51-44(48)32(5)6/h13,16-21,26-28,34,45-46H,1,3,5,8,11-12,14-15,22-25,29-30H2,2,4,6H3. The molecule has 0 spiro atoms. The fourth-order valence-corrected chi connectivity index (χ4v) is 5.43. The number of ether oxygens (including phenoxy) is 3. The smallest absolute Gasteiger partial charge is 0.333 e. The average molecular weight is 691 g/mol. The minimum absolute atomic E-state index is 0.137. The molecule has 0 saturated carbocycles. The molecular weight excluding hydrogens is 640 g/mol. The molecule has 3 aromatic carbocycles. The highest BCUT2D eigenvalue weighted by Gasteiger charge is 2.18. The van der Waals surface area contributed by atoms with Gasteiger partial charge in [0.2, 0.25) is 0 Å². The van der Waals surface area contributed by atoms with Crippen molar-refractivity contribution < 1.29 is 34.0 Å². The molecule has 0 radical (unpaired) electrons. The van der Waals surface area contributed by atoms with E-state index in [1.165, 1.54) is 5.56 Å². The number of hydrogen-bond acceptors (Lipinski definition) is 7. The lowest BCUT2D eigenvalue weighted by atomic mass is 9.90. The van der Waals surface area contributed by atoms with Crippen LogP contribution in [-0.2, 0) is 38.3 Å². The van der Waals surface area contributed by atoms with Crippen molar-refractivity contribution >= 4 is 18.0 Å². The molecule has 0 fully saturated rings. The van der Waals surface area contributed by atoms with E-state index in [1.54, 1.807) is 13.8 Å². The number of aliphatic hydroxyl groups is 2. The first kappa shape index (κ1) is 40.3. The summed E-state index contributed by atoms with van der Waals surface area (Å²) in [5.41, 5.74) is 17.3. The zero-order chi connectivity index (χ0) is 37.2. The summed E-state index contributed by atoms with van der Waals surface area (Å²) in [6.45, 7) is 16.7. The Labute approximate surface area is 302 Å². The highest BCUT2D eigenvalue weighted by molar-refractivity contribution is 5.87. The van der Waals surface area contributed by atoms with Crippen molar-refractivity contribution in [3.63, 3.8) is 0 Å². The number of rotatable bonds is 20. The number of aryl methyl sites for hydroxylation is 3. The Morgan fingerprint density at radius 2 is 1.33 bits per heavy atom.